The molecule has 0 unspecified atom stereocenters. The largest absolute Gasteiger partial charge is 0.378 e. The van der Waals surface area contributed by atoms with Crippen molar-refractivity contribution in [1.29, 1.82) is 0 Å². The molecule has 1 aliphatic heterocycles. The third-order valence-corrected chi connectivity index (χ3v) is 3.96. The van der Waals surface area contributed by atoms with Crippen molar-refractivity contribution in [2.75, 3.05) is 19.8 Å². The highest BCUT2D eigenvalue weighted by Gasteiger charge is 2.17. The summed E-state index contributed by atoms with van der Waals surface area (Å²) in [6.07, 6.45) is 5.51. The van der Waals surface area contributed by atoms with Gasteiger partial charge in [-0.25, -0.2) is 9.98 Å². The van der Waals surface area contributed by atoms with Gasteiger partial charge in [0, 0.05) is 36.4 Å². The highest BCUT2D eigenvalue weighted by molar-refractivity contribution is 6.18. The number of hydrogen-bond acceptors (Lipinski definition) is 4. The Labute approximate surface area is 134 Å². The van der Waals surface area contributed by atoms with Gasteiger partial charge < -0.3 is 14.6 Å². The summed E-state index contributed by atoms with van der Waals surface area (Å²) >= 11 is 0. The van der Waals surface area contributed by atoms with Crippen LogP contribution in [0.3, 0.4) is 0 Å². The van der Waals surface area contributed by atoms with Crippen LogP contribution in [0.25, 0.3) is 10.8 Å². The zero-order chi connectivity index (χ0) is 15.5. The number of ether oxygens (including phenoxy) is 1. The standard InChI is InChI=1S/C18H18N4O/c1-3-14-4-2-6-16-17(14)15(5-1)18(21-16)20-8-11-23-12-10-22-9-7-19-13-22/h1-7,9,13H,8,10-12H2,(H,20,21). The minimum atomic E-state index is 0.653. The summed E-state index contributed by atoms with van der Waals surface area (Å²) in [5.41, 5.74) is 2.22. The molecule has 0 bridgehead atoms. The SMILES string of the molecule is c1cc2c3c(cccc3c1)C(NCCOCCn1ccnc1)=N2. The van der Waals surface area contributed by atoms with Crippen LogP contribution in [-0.4, -0.2) is 35.1 Å². The first kappa shape index (κ1) is 14.0. The summed E-state index contributed by atoms with van der Waals surface area (Å²) in [5, 5.41) is 5.86. The summed E-state index contributed by atoms with van der Waals surface area (Å²) < 4.78 is 7.66. The fourth-order valence-corrected chi connectivity index (χ4v) is 2.86. The van der Waals surface area contributed by atoms with E-state index in [0.29, 0.717) is 13.2 Å². The topological polar surface area (TPSA) is 51.4 Å². The molecule has 23 heavy (non-hydrogen) atoms. The molecule has 0 aliphatic carbocycles. The second-order valence-electron chi connectivity index (χ2n) is 5.48. The minimum absolute atomic E-state index is 0.653. The normalized spacial score (nSPS) is 12.6. The molecule has 3 aromatic rings. The van der Waals surface area contributed by atoms with E-state index in [0.717, 1.165) is 24.6 Å². The maximum atomic E-state index is 5.65. The van der Waals surface area contributed by atoms with Gasteiger partial charge in [0.1, 0.15) is 5.84 Å². The van der Waals surface area contributed by atoms with Gasteiger partial charge in [-0.1, -0.05) is 30.3 Å². The van der Waals surface area contributed by atoms with E-state index in [4.69, 9.17) is 9.73 Å². The van der Waals surface area contributed by atoms with E-state index in [2.05, 4.69) is 40.6 Å². The summed E-state index contributed by atoms with van der Waals surface area (Å²) in [4.78, 5) is 8.70. The molecule has 0 spiro atoms. The molecule has 0 saturated carbocycles. The van der Waals surface area contributed by atoms with Gasteiger partial charge in [0.05, 0.1) is 25.2 Å². The zero-order valence-corrected chi connectivity index (χ0v) is 12.8. The Morgan fingerprint density at radius 3 is 2.87 bits per heavy atom. The third kappa shape index (κ3) is 2.83. The maximum absolute atomic E-state index is 5.65. The van der Waals surface area contributed by atoms with Crippen LogP contribution in [0.15, 0.2) is 60.1 Å². The number of imidazole rings is 1. The summed E-state index contributed by atoms with van der Waals surface area (Å²) in [6.45, 7) is 2.90. The number of benzene rings is 2. The Balaban J connectivity index is 1.30. The predicted octanol–water partition coefficient (Wildman–Crippen LogP) is 2.73. The van der Waals surface area contributed by atoms with Crippen molar-refractivity contribution < 1.29 is 4.74 Å². The molecule has 1 aliphatic rings. The molecule has 0 fully saturated rings. The Kier molecular flexibility index (Phi) is 3.78. The predicted molar refractivity (Wildman–Crippen MR) is 91.2 cm³/mol. The van der Waals surface area contributed by atoms with Crippen LogP contribution in [-0.2, 0) is 11.3 Å². The van der Waals surface area contributed by atoms with Crippen molar-refractivity contribution >= 4 is 22.3 Å². The highest BCUT2D eigenvalue weighted by atomic mass is 16.5. The second kappa shape index (κ2) is 6.22. The van der Waals surface area contributed by atoms with Crippen molar-refractivity contribution in [3.63, 3.8) is 0 Å². The molecule has 0 saturated heterocycles. The smallest absolute Gasteiger partial charge is 0.134 e. The Morgan fingerprint density at radius 1 is 1.09 bits per heavy atom. The van der Waals surface area contributed by atoms with Crippen LogP contribution in [0.4, 0.5) is 5.69 Å². The van der Waals surface area contributed by atoms with E-state index in [1.165, 1.54) is 16.3 Å². The van der Waals surface area contributed by atoms with Gasteiger partial charge in [-0.3, -0.25) is 0 Å². The number of nitrogens with zero attached hydrogens (tertiary/aromatic N) is 3. The number of hydrogen-bond donors (Lipinski definition) is 1. The van der Waals surface area contributed by atoms with E-state index in [-0.39, 0.29) is 0 Å². The first-order valence-corrected chi connectivity index (χ1v) is 7.80. The molecule has 0 radical (unpaired) electrons. The van der Waals surface area contributed by atoms with Gasteiger partial charge in [0.2, 0.25) is 0 Å². The number of aliphatic imine (C=N–C) groups is 1. The number of aromatic nitrogens is 2. The molecule has 0 atom stereocenters. The molecule has 2 heterocycles. The van der Waals surface area contributed by atoms with Gasteiger partial charge in [-0.2, -0.15) is 0 Å². The molecule has 0 amide bonds. The lowest BCUT2D eigenvalue weighted by Crippen LogP contribution is -2.27. The van der Waals surface area contributed by atoms with Crippen LogP contribution in [0.1, 0.15) is 5.56 Å². The molecular formula is C18H18N4O. The van der Waals surface area contributed by atoms with Crippen molar-refractivity contribution in [2.45, 2.75) is 6.54 Å². The monoisotopic (exact) mass is 306 g/mol. The molecule has 1 aromatic heterocycles. The van der Waals surface area contributed by atoms with Gasteiger partial charge >= 0.3 is 0 Å². The zero-order valence-electron chi connectivity index (χ0n) is 12.8. The van der Waals surface area contributed by atoms with Crippen molar-refractivity contribution in [3.8, 4) is 0 Å². The molecular weight excluding hydrogens is 288 g/mol. The van der Waals surface area contributed by atoms with Crippen molar-refractivity contribution in [1.82, 2.24) is 14.9 Å². The average Bonchev–Trinajstić information content (AvgIpc) is 3.21. The number of nitrogens with one attached hydrogen (secondary N) is 1. The molecule has 5 heteroatoms. The van der Waals surface area contributed by atoms with Crippen LogP contribution < -0.4 is 5.32 Å². The lowest BCUT2D eigenvalue weighted by molar-refractivity contribution is 0.131. The molecule has 2 aromatic carbocycles. The highest BCUT2D eigenvalue weighted by Crippen LogP contribution is 2.34. The fourth-order valence-electron chi connectivity index (χ4n) is 2.86. The van der Waals surface area contributed by atoms with Crippen molar-refractivity contribution in [2.24, 2.45) is 4.99 Å². The fraction of sp³-hybridized carbons (Fsp3) is 0.222. The first-order valence-electron chi connectivity index (χ1n) is 7.80. The minimum Gasteiger partial charge on any atom is -0.378 e. The molecule has 116 valence electrons. The Hall–Kier alpha value is -2.66. The summed E-state index contributed by atoms with van der Waals surface area (Å²) in [5.74, 6) is 0.940. The lowest BCUT2D eigenvalue weighted by atomic mass is 10.0. The molecule has 4 rings (SSSR count). The maximum Gasteiger partial charge on any atom is 0.134 e. The van der Waals surface area contributed by atoms with Crippen LogP contribution >= 0.6 is 0 Å². The third-order valence-electron chi connectivity index (χ3n) is 3.96. The van der Waals surface area contributed by atoms with Crippen LogP contribution in [0.2, 0.25) is 0 Å². The Bertz CT molecular complexity index is 834. The quantitative estimate of drug-likeness (QED) is 0.712. The summed E-state index contributed by atoms with van der Waals surface area (Å²) in [7, 11) is 0. The van der Waals surface area contributed by atoms with Crippen LogP contribution in [0, 0.1) is 0 Å². The van der Waals surface area contributed by atoms with Gasteiger partial charge in [-0.05, 0) is 11.5 Å². The lowest BCUT2D eigenvalue weighted by Gasteiger charge is -2.08. The van der Waals surface area contributed by atoms with E-state index in [1.807, 2.05) is 16.8 Å². The van der Waals surface area contributed by atoms with E-state index < -0.39 is 0 Å². The van der Waals surface area contributed by atoms with Crippen molar-refractivity contribution in [3.05, 3.63) is 60.7 Å². The molecule has 5 nitrogen and oxygen atoms in total. The molecule has 1 N–H and O–H groups in total. The van der Waals surface area contributed by atoms with E-state index in [9.17, 15) is 0 Å². The van der Waals surface area contributed by atoms with E-state index in [1.54, 1.807) is 12.5 Å². The number of amidine groups is 1. The van der Waals surface area contributed by atoms with Gasteiger partial charge in [-0.15, -0.1) is 0 Å². The number of rotatable bonds is 6. The second-order valence-corrected chi connectivity index (χ2v) is 5.48. The van der Waals surface area contributed by atoms with E-state index >= 15 is 0 Å². The first-order chi connectivity index (χ1) is 11.4. The van der Waals surface area contributed by atoms with Gasteiger partial charge in [0.25, 0.3) is 0 Å². The van der Waals surface area contributed by atoms with Gasteiger partial charge in [0.15, 0.2) is 0 Å². The summed E-state index contributed by atoms with van der Waals surface area (Å²) in [6, 6.07) is 12.5. The van der Waals surface area contributed by atoms with Crippen LogP contribution in [0.5, 0.6) is 0 Å². The average molecular weight is 306 g/mol. The Morgan fingerprint density at radius 2 is 2.00 bits per heavy atom.